The highest BCUT2D eigenvalue weighted by molar-refractivity contribution is 7.08. The molecule has 0 saturated heterocycles. The van der Waals surface area contributed by atoms with Crippen molar-refractivity contribution in [2.75, 3.05) is 5.32 Å². The van der Waals surface area contributed by atoms with Crippen LogP contribution in [0.4, 0.5) is 5.95 Å². The molecule has 5 rings (SSSR count). The van der Waals surface area contributed by atoms with E-state index in [9.17, 15) is 9.59 Å². The standard InChI is InChI=1S/C25H17N5O2S/c31-21(14-18-5-3-11-26-18)19-6-1-7-20-23(19)29-25(28-20)30-24(32)22-17(4-2-12-27-22)9-8-16-10-13-33-15-16/h1-4,6-7,10-13,15H,5,14H2,(H2,28,29,30,32). The summed E-state index contributed by atoms with van der Waals surface area (Å²) in [5, 5.41) is 6.62. The number of nitrogens with zero attached hydrogens (tertiary/aromatic N) is 3. The second kappa shape index (κ2) is 9.02. The Bertz CT molecular complexity index is 1490. The Hall–Kier alpha value is -4.35. The SMILES string of the molecule is O=C(Nc1nc2c(C(=O)CC3=NC=CC3)cccc2[nH]1)c1ncccc1C#Cc1ccsc1. The summed E-state index contributed by atoms with van der Waals surface area (Å²) in [5.41, 5.74) is 4.06. The van der Waals surface area contributed by atoms with Crippen LogP contribution in [0.5, 0.6) is 0 Å². The van der Waals surface area contributed by atoms with E-state index in [0.717, 1.165) is 11.3 Å². The molecule has 1 aromatic carbocycles. The molecule has 160 valence electrons. The molecule has 4 heterocycles. The molecule has 0 spiro atoms. The quantitative estimate of drug-likeness (QED) is 0.342. The van der Waals surface area contributed by atoms with Crippen LogP contribution in [0.15, 0.2) is 70.6 Å². The molecular formula is C25H17N5O2S. The largest absolute Gasteiger partial charge is 0.324 e. The van der Waals surface area contributed by atoms with Crippen molar-refractivity contribution in [2.24, 2.45) is 4.99 Å². The van der Waals surface area contributed by atoms with Gasteiger partial charge in [-0.25, -0.2) is 9.97 Å². The van der Waals surface area contributed by atoms with Crippen molar-refractivity contribution in [3.05, 3.63) is 88.0 Å². The Labute approximate surface area is 193 Å². The number of para-hydroxylation sites is 1. The fourth-order valence-corrected chi connectivity index (χ4v) is 4.03. The van der Waals surface area contributed by atoms with Gasteiger partial charge < -0.3 is 4.98 Å². The van der Waals surface area contributed by atoms with Gasteiger partial charge in [0, 0.05) is 47.5 Å². The molecule has 7 nitrogen and oxygen atoms in total. The zero-order chi connectivity index (χ0) is 22.6. The summed E-state index contributed by atoms with van der Waals surface area (Å²) in [5.74, 6) is 5.77. The normalized spacial score (nSPS) is 12.3. The zero-order valence-corrected chi connectivity index (χ0v) is 18.1. The number of aliphatic imine (C=N–C) groups is 1. The summed E-state index contributed by atoms with van der Waals surface area (Å²) in [6.07, 6.45) is 6.09. The average Bonchev–Trinajstić information content (AvgIpc) is 3.59. The summed E-state index contributed by atoms with van der Waals surface area (Å²) >= 11 is 1.56. The first-order valence-corrected chi connectivity index (χ1v) is 11.1. The molecule has 0 saturated carbocycles. The van der Waals surface area contributed by atoms with Gasteiger partial charge in [0.05, 0.1) is 11.1 Å². The molecule has 3 aromatic heterocycles. The highest BCUT2D eigenvalue weighted by Gasteiger charge is 2.18. The number of hydrogen-bond donors (Lipinski definition) is 2. The van der Waals surface area contributed by atoms with Crippen molar-refractivity contribution in [3.8, 4) is 11.8 Å². The molecule has 4 aromatic rings. The van der Waals surface area contributed by atoms with Crippen LogP contribution < -0.4 is 5.32 Å². The number of aromatic amines is 1. The van der Waals surface area contributed by atoms with E-state index in [1.54, 1.807) is 48.0 Å². The number of carbonyl (C=O) groups excluding carboxylic acids is 2. The number of hydrogen-bond acceptors (Lipinski definition) is 6. The van der Waals surface area contributed by atoms with Gasteiger partial charge in [-0.3, -0.25) is 19.9 Å². The molecule has 1 aliphatic rings. The molecule has 8 heteroatoms. The van der Waals surface area contributed by atoms with Gasteiger partial charge in [0.1, 0.15) is 11.2 Å². The summed E-state index contributed by atoms with van der Waals surface area (Å²) in [4.78, 5) is 41.7. The van der Waals surface area contributed by atoms with Crippen LogP contribution in [0.3, 0.4) is 0 Å². The maximum atomic E-state index is 12.9. The number of Topliss-reactive ketones (excluding diaryl/α,β-unsaturated/α-hetero) is 1. The van der Waals surface area contributed by atoms with Gasteiger partial charge in [0.25, 0.3) is 5.91 Å². The van der Waals surface area contributed by atoms with Gasteiger partial charge in [-0.1, -0.05) is 24.0 Å². The lowest BCUT2D eigenvalue weighted by Crippen LogP contribution is -2.16. The number of H-pyrrole nitrogens is 1. The van der Waals surface area contributed by atoms with Crippen molar-refractivity contribution in [3.63, 3.8) is 0 Å². The number of carbonyl (C=O) groups is 2. The Morgan fingerprint density at radius 3 is 2.91 bits per heavy atom. The number of allylic oxidation sites excluding steroid dienone is 1. The predicted molar refractivity (Wildman–Crippen MR) is 129 cm³/mol. The predicted octanol–water partition coefficient (Wildman–Crippen LogP) is 4.60. The van der Waals surface area contributed by atoms with E-state index in [1.807, 2.05) is 29.0 Å². The minimum atomic E-state index is -0.441. The van der Waals surface area contributed by atoms with Crippen LogP contribution in [0, 0.1) is 11.8 Å². The van der Waals surface area contributed by atoms with Crippen LogP contribution in [-0.4, -0.2) is 32.4 Å². The van der Waals surface area contributed by atoms with Gasteiger partial charge >= 0.3 is 0 Å². The third-order valence-electron chi connectivity index (χ3n) is 5.01. The zero-order valence-electron chi connectivity index (χ0n) is 17.3. The van der Waals surface area contributed by atoms with E-state index in [-0.39, 0.29) is 23.8 Å². The van der Waals surface area contributed by atoms with Gasteiger partial charge in [0.15, 0.2) is 5.78 Å². The number of aromatic nitrogens is 3. The molecule has 0 radical (unpaired) electrons. The first kappa shape index (κ1) is 20.5. The van der Waals surface area contributed by atoms with Crippen molar-refractivity contribution in [1.29, 1.82) is 0 Å². The van der Waals surface area contributed by atoms with E-state index in [1.165, 1.54) is 0 Å². The summed E-state index contributed by atoms with van der Waals surface area (Å²) in [6, 6.07) is 10.7. The minimum absolute atomic E-state index is 0.0665. The molecule has 2 N–H and O–H groups in total. The van der Waals surface area contributed by atoms with E-state index in [2.05, 4.69) is 37.1 Å². The number of fused-ring (bicyclic) bond motifs is 1. The maximum Gasteiger partial charge on any atom is 0.277 e. The smallest absolute Gasteiger partial charge is 0.277 e. The molecule has 1 aliphatic heterocycles. The highest BCUT2D eigenvalue weighted by atomic mass is 32.1. The number of anilines is 1. The molecule has 0 fully saturated rings. The number of imidazole rings is 1. The van der Waals surface area contributed by atoms with Crippen LogP contribution >= 0.6 is 11.3 Å². The number of benzene rings is 1. The Morgan fingerprint density at radius 1 is 1.15 bits per heavy atom. The number of pyridine rings is 1. The van der Waals surface area contributed by atoms with Crippen molar-refractivity contribution in [2.45, 2.75) is 12.8 Å². The lowest BCUT2D eigenvalue weighted by Gasteiger charge is -2.03. The molecule has 0 atom stereocenters. The number of amides is 1. The molecular weight excluding hydrogens is 434 g/mol. The molecule has 1 amide bonds. The van der Waals surface area contributed by atoms with Gasteiger partial charge in [0.2, 0.25) is 5.95 Å². The monoisotopic (exact) mass is 451 g/mol. The number of thiophene rings is 1. The number of rotatable bonds is 5. The minimum Gasteiger partial charge on any atom is -0.324 e. The van der Waals surface area contributed by atoms with Crippen LogP contribution in [-0.2, 0) is 0 Å². The Kier molecular flexibility index (Phi) is 5.62. The Balaban J connectivity index is 1.39. The lowest BCUT2D eigenvalue weighted by molar-refractivity contribution is 0.0998. The summed E-state index contributed by atoms with van der Waals surface area (Å²) < 4.78 is 0. The molecule has 33 heavy (non-hydrogen) atoms. The van der Waals surface area contributed by atoms with E-state index < -0.39 is 5.91 Å². The van der Waals surface area contributed by atoms with Crippen molar-refractivity contribution in [1.82, 2.24) is 15.0 Å². The highest BCUT2D eigenvalue weighted by Crippen LogP contribution is 2.21. The second-order valence-corrected chi connectivity index (χ2v) is 8.07. The number of ketones is 1. The van der Waals surface area contributed by atoms with E-state index in [4.69, 9.17) is 0 Å². The van der Waals surface area contributed by atoms with Crippen molar-refractivity contribution >= 4 is 45.7 Å². The third kappa shape index (κ3) is 4.49. The van der Waals surface area contributed by atoms with Gasteiger partial charge in [-0.2, -0.15) is 11.3 Å². The van der Waals surface area contributed by atoms with Crippen LogP contribution in [0.2, 0.25) is 0 Å². The van der Waals surface area contributed by atoms with E-state index >= 15 is 0 Å². The maximum absolute atomic E-state index is 12.9. The van der Waals surface area contributed by atoms with Gasteiger partial charge in [-0.05, 0) is 35.7 Å². The molecule has 0 unspecified atom stereocenters. The van der Waals surface area contributed by atoms with E-state index in [0.29, 0.717) is 28.6 Å². The summed E-state index contributed by atoms with van der Waals surface area (Å²) in [6.45, 7) is 0. The molecule has 0 bridgehead atoms. The van der Waals surface area contributed by atoms with Crippen LogP contribution in [0.25, 0.3) is 11.0 Å². The molecule has 0 aliphatic carbocycles. The van der Waals surface area contributed by atoms with Crippen LogP contribution in [0.1, 0.15) is 44.8 Å². The Morgan fingerprint density at radius 2 is 2.09 bits per heavy atom. The lowest BCUT2D eigenvalue weighted by atomic mass is 10.0. The topological polar surface area (TPSA) is 100 Å². The fourth-order valence-electron chi connectivity index (χ4n) is 3.44. The third-order valence-corrected chi connectivity index (χ3v) is 5.69. The first-order valence-electron chi connectivity index (χ1n) is 10.2. The number of nitrogens with one attached hydrogen (secondary N) is 2. The summed E-state index contributed by atoms with van der Waals surface area (Å²) in [7, 11) is 0. The fraction of sp³-hybridized carbons (Fsp3) is 0.0800. The first-order chi connectivity index (χ1) is 16.2. The average molecular weight is 452 g/mol. The van der Waals surface area contributed by atoms with Crippen molar-refractivity contribution < 1.29 is 9.59 Å². The van der Waals surface area contributed by atoms with Gasteiger partial charge in [-0.15, -0.1) is 0 Å². The second-order valence-electron chi connectivity index (χ2n) is 7.29.